The van der Waals surface area contributed by atoms with Crippen molar-refractivity contribution in [2.75, 3.05) is 0 Å². The quantitative estimate of drug-likeness (QED) is 0.667. The van der Waals surface area contributed by atoms with Crippen LogP contribution in [0, 0.1) is 23.2 Å². The summed E-state index contributed by atoms with van der Waals surface area (Å²) in [6.45, 7) is 3.77. The van der Waals surface area contributed by atoms with Gasteiger partial charge < -0.3 is 5.11 Å². The Labute approximate surface area is 86.2 Å². The minimum absolute atomic E-state index is 0.240. The molecule has 1 atom stereocenters. The summed E-state index contributed by atoms with van der Waals surface area (Å²) in [4.78, 5) is 0. The minimum atomic E-state index is -0.240. The van der Waals surface area contributed by atoms with Crippen LogP contribution >= 0.6 is 0 Å². The van der Waals surface area contributed by atoms with Crippen molar-refractivity contribution >= 4 is 0 Å². The molecule has 0 aromatic carbocycles. The highest BCUT2D eigenvalue weighted by Gasteiger charge is 2.53. The van der Waals surface area contributed by atoms with E-state index in [9.17, 15) is 5.11 Å². The van der Waals surface area contributed by atoms with E-state index >= 15 is 0 Å². The summed E-state index contributed by atoms with van der Waals surface area (Å²) in [5.74, 6) is 2.78. The van der Waals surface area contributed by atoms with Crippen molar-refractivity contribution in [3.63, 3.8) is 0 Å². The fourth-order valence-corrected chi connectivity index (χ4v) is 4.79. The Bertz CT molecular complexity index is 221. The minimum Gasteiger partial charge on any atom is -0.388 e. The van der Waals surface area contributed by atoms with E-state index < -0.39 is 0 Å². The van der Waals surface area contributed by atoms with Gasteiger partial charge in [0.2, 0.25) is 0 Å². The molecule has 4 rings (SSSR count). The molecule has 1 N–H and O–H groups in total. The normalized spacial score (nSPS) is 51.9. The molecule has 1 nitrogen and oxygen atoms in total. The van der Waals surface area contributed by atoms with Crippen LogP contribution in [0.2, 0.25) is 0 Å². The summed E-state index contributed by atoms with van der Waals surface area (Å²) in [5.41, 5.74) is 0.247. The van der Waals surface area contributed by atoms with Crippen molar-refractivity contribution in [3.05, 3.63) is 12.7 Å². The van der Waals surface area contributed by atoms with Gasteiger partial charge in [0, 0.05) is 5.41 Å². The van der Waals surface area contributed by atoms with Gasteiger partial charge in [0.15, 0.2) is 0 Å². The Morgan fingerprint density at radius 2 is 1.50 bits per heavy atom. The summed E-state index contributed by atoms with van der Waals surface area (Å²) in [5, 5.41) is 10.1. The molecule has 4 saturated carbocycles. The SMILES string of the molecule is C=CC(O)C12CC3CC(CC(C3)C1)C2. The fourth-order valence-electron chi connectivity index (χ4n) is 4.79. The average Bonchev–Trinajstić information content (AvgIpc) is 2.14. The highest BCUT2D eigenvalue weighted by atomic mass is 16.3. The lowest BCUT2D eigenvalue weighted by molar-refractivity contribution is -0.104. The first-order chi connectivity index (χ1) is 6.72. The second-order valence-electron chi connectivity index (χ2n) is 5.96. The maximum absolute atomic E-state index is 10.1. The summed E-state index contributed by atoms with van der Waals surface area (Å²) in [7, 11) is 0. The highest BCUT2D eigenvalue weighted by Crippen LogP contribution is 2.61. The number of rotatable bonds is 2. The van der Waals surface area contributed by atoms with Crippen LogP contribution in [0.3, 0.4) is 0 Å². The Balaban J connectivity index is 1.90. The van der Waals surface area contributed by atoms with Crippen molar-refractivity contribution in [1.29, 1.82) is 0 Å². The topological polar surface area (TPSA) is 20.2 Å². The fraction of sp³-hybridized carbons (Fsp3) is 0.846. The number of aliphatic hydroxyl groups is 1. The highest BCUT2D eigenvalue weighted by molar-refractivity contribution is 5.07. The van der Waals surface area contributed by atoms with E-state index in [2.05, 4.69) is 6.58 Å². The Morgan fingerprint density at radius 1 is 1.07 bits per heavy atom. The molecule has 1 heteroatoms. The van der Waals surface area contributed by atoms with Gasteiger partial charge in [-0.25, -0.2) is 0 Å². The van der Waals surface area contributed by atoms with Crippen LogP contribution in [0.15, 0.2) is 12.7 Å². The lowest BCUT2D eigenvalue weighted by Gasteiger charge is -2.58. The lowest BCUT2D eigenvalue weighted by Crippen LogP contribution is -2.51. The standard InChI is InChI=1S/C13H20O/c1-2-12(14)13-6-9-3-10(7-13)5-11(4-9)8-13/h2,9-12,14H,1,3-8H2. The molecule has 0 amide bonds. The van der Waals surface area contributed by atoms with Crippen molar-refractivity contribution in [1.82, 2.24) is 0 Å². The second kappa shape index (κ2) is 2.85. The molecule has 0 heterocycles. The van der Waals surface area contributed by atoms with Crippen LogP contribution in [0.1, 0.15) is 38.5 Å². The van der Waals surface area contributed by atoms with E-state index in [-0.39, 0.29) is 11.5 Å². The molecule has 0 aromatic rings. The zero-order valence-electron chi connectivity index (χ0n) is 8.78. The van der Waals surface area contributed by atoms with Crippen LogP contribution < -0.4 is 0 Å². The Morgan fingerprint density at radius 3 is 1.86 bits per heavy atom. The van der Waals surface area contributed by atoms with Crippen molar-refractivity contribution in [2.24, 2.45) is 23.2 Å². The van der Waals surface area contributed by atoms with E-state index in [1.54, 1.807) is 6.08 Å². The molecule has 78 valence electrons. The predicted octanol–water partition coefficient (Wildman–Crippen LogP) is 2.75. The number of hydrogen-bond donors (Lipinski definition) is 1. The third kappa shape index (κ3) is 1.11. The largest absolute Gasteiger partial charge is 0.388 e. The molecule has 0 radical (unpaired) electrons. The second-order valence-corrected chi connectivity index (χ2v) is 5.96. The summed E-state index contributed by atoms with van der Waals surface area (Å²) in [6, 6.07) is 0. The molecule has 0 aromatic heterocycles. The molecule has 4 bridgehead atoms. The molecule has 14 heavy (non-hydrogen) atoms. The maximum atomic E-state index is 10.1. The van der Waals surface area contributed by atoms with E-state index in [0.717, 1.165) is 17.8 Å². The van der Waals surface area contributed by atoms with Crippen LogP contribution in [0.25, 0.3) is 0 Å². The predicted molar refractivity (Wildman–Crippen MR) is 56.8 cm³/mol. The van der Waals surface area contributed by atoms with Gasteiger partial charge in [0.25, 0.3) is 0 Å². The van der Waals surface area contributed by atoms with Gasteiger partial charge >= 0.3 is 0 Å². The van der Waals surface area contributed by atoms with Crippen LogP contribution in [0.5, 0.6) is 0 Å². The monoisotopic (exact) mass is 192 g/mol. The first-order valence-electron chi connectivity index (χ1n) is 6.02. The molecule has 0 spiro atoms. The summed E-state index contributed by atoms with van der Waals surface area (Å²) in [6.07, 6.45) is 9.68. The zero-order valence-corrected chi connectivity index (χ0v) is 8.78. The van der Waals surface area contributed by atoms with E-state index in [1.165, 1.54) is 38.5 Å². The van der Waals surface area contributed by atoms with Crippen molar-refractivity contribution in [3.8, 4) is 0 Å². The summed E-state index contributed by atoms with van der Waals surface area (Å²) < 4.78 is 0. The third-order valence-corrected chi connectivity index (χ3v) is 4.94. The van der Waals surface area contributed by atoms with Gasteiger partial charge in [-0.3, -0.25) is 0 Å². The smallest absolute Gasteiger partial charge is 0.0774 e. The molecule has 4 aliphatic carbocycles. The molecular weight excluding hydrogens is 172 g/mol. The molecule has 0 saturated heterocycles. The first-order valence-corrected chi connectivity index (χ1v) is 6.02. The van der Waals surface area contributed by atoms with Crippen molar-refractivity contribution < 1.29 is 5.11 Å². The van der Waals surface area contributed by atoms with Gasteiger partial charge in [-0.15, -0.1) is 6.58 Å². The van der Waals surface area contributed by atoms with Gasteiger partial charge in [0.05, 0.1) is 6.10 Å². The van der Waals surface area contributed by atoms with Crippen molar-refractivity contribution in [2.45, 2.75) is 44.6 Å². The van der Waals surface area contributed by atoms with Gasteiger partial charge in [0.1, 0.15) is 0 Å². The van der Waals surface area contributed by atoms with Gasteiger partial charge in [-0.1, -0.05) is 6.08 Å². The molecule has 4 fully saturated rings. The van der Waals surface area contributed by atoms with E-state index in [0.29, 0.717) is 0 Å². The average molecular weight is 192 g/mol. The summed E-state index contributed by atoms with van der Waals surface area (Å²) >= 11 is 0. The van der Waals surface area contributed by atoms with Crippen LogP contribution in [-0.2, 0) is 0 Å². The van der Waals surface area contributed by atoms with E-state index in [1.807, 2.05) is 0 Å². The number of hydrogen-bond acceptors (Lipinski definition) is 1. The van der Waals surface area contributed by atoms with Gasteiger partial charge in [-0.05, 0) is 56.3 Å². The molecule has 4 aliphatic rings. The van der Waals surface area contributed by atoms with E-state index in [4.69, 9.17) is 0 Å². The molecule has 1 unspecified atom stereocenters. The first kappa shape index (κ1) is 8.96. The zero-order chi connectivity index (χ0) is 9.76. The Hall–Kier alpha value is -0.300. The maximum Gasteiger partial charge on any atom is 0.0774 e. The van der Waals surface area contributed by atoms with Crippen LogP contribution in [-0.4, -0.2) is 11.2 Å². The Kier molecular flexibility index (Phi) is 1.82. The number of aliphatic hydroxyl groups excluding tert-OH is 1. The van der Waals surface area contributed by atoms with Crippen LogP contribution in [0.4, 0.5) is 0 Å². The van der Waals surface area contributed by atoms with Gasteiger partial charge in [-0.2, -0.15) is 0 Å². The molecule has 0 aliphatic heterocycles. The third-order valence-electron chi connectivity index (χ3n) is 4.94. The molecular formula is C13H20O. The lowest BCUT2D eigenvalue weighted by atomic mass is 9.48.